The topological polar surface area (TPSA) is 52.6 Å². The van der Waals surface area contributed by atoms with Crippen LogP contribution in [0.15, 0.2) is 30.3 Å². The fourth-order valence-electron chi connectivity index (χ4n) is 2.79. The second-order valence-electron chi connectivity index (χ2n) is 5.76. The van der Waals surface area contributed by atoms with Crippen molar-refractivity contribution in [3.63, 3.8) is 0 Å². The van der Waals surface area contributed by atoms with Crippen LogP contribution in [0.25, 0.3) is 0 Å². The first-order valence-electron chi connectivity index (χ1n) is 7.70. The molecule has 0 aliphatic carbocycles. The van der Waals surface area contributed by atoms with E-state index in [1.807, 2.05) is 0 Å². The normalized spacial score (nSPS) is 20.2. The maximum absolute atomic E-state index is 13.2. The zero-order chi connectivity index (χ0) is 16.9. The lowest BCUT2D eigenvalue weighted by molar-refractivity contribution is -0.153. The molecule has 23 heavy (non-hydrogen) atoms. The molecule has 1 fully saturated rings. The highest BCUT2D eigenvalue weighted by Gasteiger charge is 2.42. The lowest BCUT2D eigenvalue weighted by Gasteiger charge is -2.36. The molecule has 0 bridgehead atoms. The van der Waals surface area contributed by atoms with Gasteiger partial charge in [-0.25, -0.2) is 4.79 Å². The van der Waals surface area contributed by atoms with Gasteiger partial charge in [-0.1, -0.05) is 30.3 Å². The minimum Gasteiger partial charge on any atom is -0.394 e. The van der Waals surface area contributed by atoms with E-state index >= 15 is 0 Å². The van der Waals surface area contributed by atoms with E-state index in [1.165, 1.54) is 4.90 Å². The van der Waals surface area contributed by atoms with Crippen LogP contribution < -0.4 is 5.32 Å². The number of amides is 2. The minimum absolute atomic E-state index is 0.233. The Labute approximate surface area is 133 Å². The van der Waals surface area contributed by atoms with Gasteiger partial charge in [0.25, 0.3) is 0 Å². The Morgan fingerprint density at radius 1 is 1.30 bits per heavy atom. The summed E-state index contributed by atoms with van der Waals surface area (Å²) >= 11 is 0. The predicted molar refractivity (Wildman–Crippen MR) is 80.0 cm³/mol. The highest BCUT2D eigenvalue weighted by Crippen LogP contribution is 2.24. The molecule has 0 radical (unpaired) electrons. The van der Waals surface area contributed by atoms with Crippen LogP contribution in [0.1, 0.15) is 24.8 Å². The van der Waals surface area contributed by atoms with E-state index < -0.39 is 24.3 Å². The molecule has 0 unspecified atom stereocenters. The van der Waals surface area contributed by atoms with Crippen molar-refractivity contribution in [1.29, 1.82) is 0 Å². The molecule has 1 heterocycles. The standard InChI is InChI=1S/C16H21F3N2O2/c17-16(18,19)14(10-12-6-2-1-3-7-12)20-15(23)21-9-5-4-8-13(21)11-22/h1-3,6-7,13-14,22H,4-5,8-11H2,(H,20,23)/t13-,14+/m1/s1. The molecule has 2 atom stereocenters. The van der Waals surface area contributed by atoms with E-state index in [4.69, 9.17) is 0 Å². The average molecular weight is 330 g/mol. The summed E-state index contributed by atoms with van der Waals surface area (Å²) in [6.07, 6.45) is -2.63. The number of carbonyl (C=O) groups is 1. The summed E-state index contributed by atoms with van der Waals surface area (Å²) in [5.41, 5.74) is 0.507. The Kier molecular flexibility index (Phi) is 5.87. The smallest absolute Gasteiger partial charge is 0.394 e. The molecule has 1 aromatic rings. The summed E-state index contributed by atoms with van der Waals surface area (Å²) in [7, 11) is 0. The average Bonchev–Trinajstić information content (AvgIpc) is 2.54. The molecule has 0 saturated carbocycles. The molecule has 2 N–H and O–H groups in total. The van der Waals surface area contributed by atoms with E-state index in [-0.39, 0.29) is 13.0 Å². The van der Waals surface area contributed by atoms with Crippen molar-refractivity contribution >= 4 is 6.03 Å². The van der Waals surface area contributed by atoms with Crippen molar-refractivity contribution in [2.75, 3.05) is 13.2 Å². The van der Waals surface area contributed by atoms with Gasteiger partial charge in [0.2, 0.25) is 0 Å². The Hall–Kier alpha value is -1.76. The predicted octanol–water partition coefficient (Wildman–Crippen LogP) is 2.72. The molecule has 1 aromatic carbocycles. The van der Waals surface area contributed by atoms with Crippen molar-refractivity contribution < 1.29 is 23.1 Å². The second kappa shape index (κ2) is 7.68. The quantitative estimate of drug-likeness (QED) is 0.892. The summed E-state index contributed by atoms with van der Waals surface area (Å²) < 4.78 is 39.7. The Balaban J connectivity index is 2.06. The number of nitrogens with one attached hydrogen (secondary N) is 1. The summed E-state index contributed by atoms with van der Waals surface area (Å²) in [6.45, 7) is 0.135. The fraction of sp³-hybridized carbons (Fsp3) is 0.562. The Morgan fingerprint density at radius 2 is 2.00 bits per heavy atom. The highest BCUT2D eigenvalue weighted by molar-refractivity contribution is 5.75. The monoisotopic (exact) mass is 330 g/mol. The number of alkyl halides is 3. The first kappa shape index (κ1) is 17.6. The third-order valence-corrected chi connectivity index (χ3v) is 4.07. The highest BCUT2D eigenvalue weighted by atomic mass is 19.4. The molecule has 4 nitrogen and oxygen atoms in total. The van der Waals surface area contributed by atoms with Crippen molar-refractivity contribution in [2.45, 2.75) is 43.9 Å². The zero-order valence-electron chi connectivity index (χ0n) is 12.7. The SMILES string of the molecule is O=C(N[C@@H](Cc1ccccc1)C(F)(F)F)N1CCCC[C@@H]1CO. The van der Waals surface area contributed by atoms with Crippen LogP contribution in [0.2, 0.25) is 0 Å². The maximum atomic E-state index is 13.2. The van der Waals surface area contributed by atoms with Crippen molar-refractivity contribution in [3.8, 4) is 0 Å². The first-order chi connectivity index (χ1) is 10.9. The number of halogens is 3. The van der Waals surface area contributed by atoms with Gasteiger partial charge < -0.3 is 15.3 Å². The van der Waals surface area contributed by atoms with Gasteiger partial charge >= 0.3 is 12.2 Å². The summed E-state index contributed by atoms with van der Waals surface area (Å²) in [5.74, 6) is 0. The van der Waals surface area contributed by atoms with Crippen molar-refractivity contribution in [3.05, 3.63) is 35.9 Å². The van der Waals surface area contributed by atoms with Crippen molar-refractivity contribution in [1.82, 2.24) is 10.2 Å². The molecule has 0 spiro atoms. The number of likely N-dealkylation sites (tertiary alicyclic amines) is 1. The van der Waals surface area contributed by atoms with Gasteiger partial charge in [0.05, 0.1) is 12.6 Å². The molecule has 1 saturated heterocycles. The van der Waals surface area contributed by atoms with Gasteiger partial charge in [0, 0.05) is 13.0 Å². The number of aliphatic hydroxyl groups excluding tert-OH is 1. The number of hydrogen-bond acceptors (Lipinski definition) is 2. The van der Waals surface area contributed by atoms with E-state index in [0.29, 0.717) is 18.5 Å². The van der Waals surface area contributed by atoms with Crippen molar-refractivity contribution in [2.24, 2.45) is 0 Å². The number of hydrogen-bond donors (Lipinski definition) is 2. The molecular weight excluding hydrogens is 309 g/mol. The van der Waals surface area contributed by atoms with E-state index in [1.54, 1.807) is 30.3 Å². The third kappa shape index (κ3) is 4.86. The number of benzene rings is 1. The van der Waals surface area contributed by atoms with E-state index in [2.05, 4.69) is 5.32 Å². The fourth-order valence-corrected chi connectivity index (χ4v) is 2.79. The number of piperidine rings is 1. The third-order valence-electron chi connectivity index (χ3n) is 4.07. The van der Waals surface area contributed by atoms with Crippen LogP contribution >= 0.6 is 0 Å². The van der Waals surface area contributed by atoms with Gasteiger partial charge in [0.1, 0.15) is 6.04 Å². The molecule has 2 amide bonds. The number of rotatable bonds is 4. The van der Waals surface area contributed by atoms with Crippen LogP contribution in [0.3, 0.4) is 0 Å². The van der Waals surface area contributed by atoms with Gasteiger partial charge in [-0.2, -0.15) is 13.2 Å². The number of nitrogens with zero attached hydrogens (tertiary/aromatic N) is 1. The summed E-state index contributed by atoms with van der Waals surface area (Å²) in [4.78, 5) is 13.5. The molecule has 1 aliphatic rings. The molecule has 0 aromatic heterocycles. The largest absolute Gasteiger partial charge is 0.408 e. The lowest BCUT2D eigenvalue weighted by atomic mass is 10.0. The number of urea groups is 1. The van der Waals surface area contributed by atoms with Gasteiger partial charge in [-0.15, -0.1) is 0 Å². The van der Waals surface area contributed by atoms with Crippen LogP contribution in [-0.2, 0) is 6.42 Å². The number of aliphatic hydroxyl groups is 1. The molecule has 1 aliphatic heterocycles. The van der Waals surface area contributed by atoms with E-state index in [0.717, 1.165) is 12.8 Å². The summed E-state index contributed by atoms with van der Waals surface area (Å²) in [6, 6.07) is 5.14. The Bertz CT molecular complexity index is 508. The van der Waals surface area contributed by atoms with Gasteiger partial charge in [-0.3, -0.25) is 0 Å². The summed E-state index contributed by atoms with van der Waals surface area (Å²) in [5, 5.41) is 11.4. The second-order valence-corrected chi connectivity index (χ2v) is 5.76. The molecule has 128 valence electrons. The Morgan fingerprint density at radius 3 is 2.61 bits per heavy atom. The lowest BCUT2D eigenvalue weighted by Crippen LogP contribution is -2.56. The molecular formula is C16H21F3N2O2. The van der Waals surface area contributed by atoms with Crippen LogP contribution in [0.4, 0.5) is 18.0 Å². The van der Waals surface area contributed by atoms with Gasteiger partial charge in [0.15, 0.2) is 0 Å². The van der Waals surface area contributed by atoms with Crippen LogP contribution in [-0.4, -0.2) is 47.4 Å². The molecule has 7 heteroatoms. The molecule has 2 rings (SSSR count). The first-order valence-corrected chi connectivity index (χ1v) is 7.70. The van der Waals surface area contributed by atoms with E-state index in [9.17, 15) is 23.1 Å². The van der Waals surface area contributed by atoms with Crippen LogP contribution in [0.5, 0.6) is 0 Å². The minimum atomic E-state index is -4.53. The van der Waals surface area contributed by atoms with Crippen LogP contribution in [0, 0.1) is 0 Å². The zero-order valence-corrected chi connectivity index (χ0v) is 12.7. The maximum Gasteiger partial charge on any atom is 0.408 e. The van der Waals surface area contributed by atoms with Gasteiger partial charge in [-0.05, 0) is 24.8 Å². The number of carbonyl (C=O) groups excluding carboxylic acids is 1.